The summed E-state index contributed by atoms with van der Waals surface area (Å²) in [5, 5.41) is 17.7. The van der Waals surface area contributed by atoms with Crippen molar-refractivity contribution in [3.63, 3.8) is 0 Å². The van der Waals surface area contributed by atoms with Crippen molar-refractivity contribution >= 4 is 29.6 Å². The van der Waals surface area contributed by atoms with Crippen molar-refractivity contribution in [3.8, 4) is 0 Å². The number of ketones is 1. The maximum Gasteiger partial charge on any atom is 0.330 e. The standard InChI is InChI=1S/C27H27N3O7/c1-25(2,3)22(31)20-19(15-10-8-11-17(13-15)30(34)35)27(23(32)36-26(4,5)37-24(27)33)21-18-12-7-6-9-16(18)14-28-29(20)21/h6-14,19-21H,1-5H3/t19-,20-,21-/m1/s1. The SMILES string of the molecule is CC1(C)OC(=O)C2(C(=O)O1)[C@H](c1cccc([N+](=O)[O-])c1)[C@H](C(=O)C(C)(C)C)N1N=Cc3ccccc3[C@@H]12. The molecule has 0 aliphatic carbocycles. The van der Waals surface area contributed by atoms with E-state index >= 15 is 0 Å². The zero-order valence-electron chi connectivity index (χ0n) is 21.1. The van der Waals surface area contributed by atoms with Crippen molar-refractivity contribution in [2.75, 3.05) is 0 Å². The number of rotatable bonds is 3. The van der Waals surface area contributed by atoms with Gasteiger partial charge in [0.15, 0.2) is 5.78 Å². The van der Waals surface area contributed by atoms with E-state index in [9.17, 15) is 24.5 Å². The highest BCUT2D eigenvalue weighted by Gasteiger charge is 2.75. The lowest BCUT2D eigenvalue weighted by Gasteiger charge is -2.44. The van der Waals surface area contributed by atoms with Gasteiger partial charge in [0.25, 0.3) is 11.5 Å². The van der Waals surface area contributed by atoms with Crippen LogP contribution in [0.4, 0.5) is 5.69 Å². The number of hydrazone groups is 1. The lowest BCUT2D eigenvalue weighted by Crippen LogP contribution is -2.58. The highest BCUT2D eigenvalue weighted by atomic mass is 16.7. The third-order valence-corrected chi connectivity index (χ3v) is 7.21. The Morgan fingerprint density at radius 1 is 1.05 bits per heavy atom. The molecule has 2 aromatic rings. The van der Waals surface area contributed by atoms with Crippen LogP contribution in [0, 0.1) is 20.9 Å². The maximum absolute atomic E-state index is 14.1. The number of ether oxygens (including phenoxy) is 2. The number of carbonyl (C=O) groups excluding carboxylic acids is 3. The second-order valence-electron chi connectivity index (χ2n) is 11.1. The van der Waals surface area contributed by atoms with Crippen molar-refractivity contribution in [2.24, 2.45) is 15.9 Å². The lowest BCUT2D eigenvalue weighted by molar-refractivity contribution is -0.385. The van der Waals surface area contributed by atoms with Crippen LogP contribution in [0.1, 0.15) is 63.3 Å². The predicted molar refractivity (Wildman–Crippen MR) is 131 cm³/mol. The summed E-state index contributed by atoms with van der Waals surface area (Å²) in [7, 11) is 0. The Balaban J connectivity index is 1.86. The first-order valence-electron chi connectivity index (χ1n) is 12.0. The van der Waals surface area contributed by atoms with E-state index < -0.39 is 51.5 Å². The molecule has 192 valence electrons. The van der Waals surface area contributed by atoms with Gasteiger partial charge in [0.05, 0.1) is 11.1 Å². The van der Waals surface area contributed by atoms with E-state index in [1.54, 1.807) is 57.3 Å². The van der Waals surface area contributed by atoms with Gasteiger partial charge in [-0.15, -0.1) is 0 Å². The van der Waals surface area contributed by atoms with Gasteiger partial charge in [-0.3, -0.25) is 29.5 Å². The van der Waals surface area contributed by atoms with E-state index in [1.165, 1.54) is 37.1 Å². The first-order chi connectivity index (χ1) is 17.3. The summed E-state index contributed by atoms with van der Waals surface area (Å²) in [6, 6.07) is 10.7. The molecular weight excluding hydrogens is 478 g/mol. The van der Waals surface area contributed by atoms with Gasteiger partial charge in [0, 0.05) is 37.3 Å². The summed E-state index contributed by atoms with van der Waals surface area (Å²) in [4.78, 5) is 53.3. The van der Waals surface area contributed by atoms with Crippen LogP contribution in [-0.2, 0) is 23.9 Å². The number of Topliss-reactive ketones (excluding diaryl/α,β-unsaturated/α-hetero) is 1. The molecule has 10 heteroatoms. The van der Waals surface area contributed by atoms with E-state index in [2.05, 4.69) is 5.10 Å². The summed E-state index contributed by atoms with van der Waals surface area (Å²) in [6.45, 7) is 8.12. The fourth-order valence-electron chi connectivity index (χ4n) is 5.66. The number of non-ortho nitro benzene ring substituents is 1. The molecule has 0 aromatic heterocycles. The molecular formula is C27H27N3O7. The van der Waals surface area contributed by atoms with Crippen LogP contribution >= 0.6 is 0 Å². The Morgan fingerprint density at radius 2 is 1.70 bits per heavy atom. The fraction of sp³-hybridized carbons (Fsp3) is 0.407. The number of carbonyl (C=O) groups is 3. The number of hydrogen-bond acceptors (Lipinski definition) is 9. The zero-order valence-corrected chi connectivity index (χ0v) is 21.1. The van der Waals surface area contributed by atoms with E-state index in [-0.39, 0.29) is 17.0 Å². The van der Waals surface area contributed by atoms with Crippen molar-refractivity contribution in [3.05, 3.63) is 75.3 Å². The smallest absolute Gasteiger partial charge is 0.330 e. The molecule has 37 heavy (non-hydrogen) atoms. The molecule has 3 aliphatic rings. The van der Waals surface area contributed by atoms with E-state index in [0.717, 1.165) is 0 Å². The van der Waals surface area contributed by atoms with E-state index in [4.69, 9.17) is 9.47 Å². The zero-order chi connectivity index (χ0) is 26.9. The van der Waals surface area contributed by atoms with Crippen LogP contribution in [0.3, 0.4) is 0 Å². The number of cyclic esters (lactones) is 2. The van der Waals surface area contributed by atoms with Gasteiger partial charge in [-0.1, -0.05) is 57.2 Å². The molecule has 0 amide bonds. The first kappa shape index (κ1) is 24.6. The van der Waals surface area contributed by atoms with Crippen LogP contribution in [0.25, 0.3) is 0 Å². The average Bonchev–Trinajstić information content (AvgIpc) is 3.13. The van der Waals surface area contributed by atoms with E-state index in [1.807, 2.05) is 0 Å². The molecule has 2 fully saturated rings. The van der Waals surface area contributed by atoms with Crippen LogP contribution < -0.4 is 0 Å². The summed E-state index contributed by atoms with van der Waals surface area (Å²) in [5.74, 6) is -4.72. The second kappa shape index (κ2) is 7.96. The van der Waals surface area contributed by atoms with E-state index in [0.29, 0.717) is 11.1 Å². The van der Waals surface area contributed by atoms with Crippen molar-refractivity contribution in [1.82, 2.24) is 5.01 Å². The van der Waals surface area contributed by atoms with Crippen LogP contribution in [-0.4, -0.2) is 45.7 Å². The highest BCUT2D eigenvalue weighted by molar-refractivity contribution is 6.07. The van der Waals surface area contributed by atoms with Crippen molar-refractivity contribution in [1.29, 1.82) is 0 Å². The Kier molecular flexibility index (Phi) is 5.29. The largest absolute Gasteiger partial charge is 0.422 e. The lowest BCUT2D eigenvalue weighted by atomic mass is 9.64. The second-order valence-corrected chi connectivity index (χ2v) is 11.1. The van der Waals surface area contributed by atoms with Gasteiger partial charge in [-0.25, -0.2) is 0 Å². The monoisotopic (exact) mass is 505 g/mol. The number of fused-ring (bicyclic) bond motifs is 4. The molecule has 2 saturated heterocycles. The number of nitrogens with zero attached hydrogens (tertiary/aromatic N) is 3. The topological polar surface area (TPSA) is 128 Å². The highest BCUT2D eigenvalue weighted by Crippen LogP contribution is 2.63. The normalized spacial score (nSPS) is 25.2. The number of benzene rings is 2. The van der Waals surface area contributed by atoms with Gasteiger partial charge in [0.1, 0.15) is 12.1 Å². The average molecular weight is 506 g/mol. The molecule has 3 aliphatic heterocycles. The third-order valence-electron chi connectivity index (χ3n) is 7.21. The number of nitro benzene ring substituents is 1. The third kappa shape index (κ3) is 3.53. The summed E-state index contributed by atoms with van der Waals surface area (Å²) in [6.07, 6.45) is 1.59. The fourth-order valence-corrected chi connectivity index (χ4v) is 5.66. The summed E-state index contributed by atoms with van der Waals surface area (Å²) >= 11 is 0. The Hall–Kier alpha value is -4.08. The van der Waals surface area contributed by atoms with Crippen LogP contribution in [0.15, 0.2) is 53.6 Å². The Bertz CT molecular complexity index is 1350. The first-order valence-corrected chi connectivity index (χ1v) is 12.0. The summed E-state index contributed by atoms with van der Waals surface area (Å²) < 4.78 is 11.4. The number of nitro groups is 1. The van der Waals surface area contributed by atoms with Gasteiger partial charge in [-0.05, 0) is 16.7 Å². The maximum atomic E-state index is 14.1. The minimum Gasteiger partial charge on any atom is -0.422 e. The van der Waals surface area contributed by atoms with Crippen molar-refractivity contribution in [2.45, 2.75) is 58.4 Å². The molecule has 1 spiro atoms. The molecule has 3 atom stereocenters. The van der Waals surface area contributed by atoms with Gasteiger partial charge in [-0.2, -0.15) is 5.10 Å². The van der Waals surface area contributed by atoms with Gasteiger partial charge < -0.3 is 9.47 Å². The quantitative estimate of drug-likeness (QED) is 0.266. The molecule has 5 rings (SSSR count). The molecule has 0 radical (unpaired) electrons. The molecule has 3 heterocycles. The molecule has 2 aromatic carbocycles. The van der Waals surface area contributed by atoms with Crippen LogP contribution in [0.5, 0.6) is 0 Å². The van der Waals surface area contributed by atoms with Crippen molar-refractivity contribution < 1.29 is 28.8 Å². The Morgan fingerprint density at radius 3 is 2.32 bits per heavy atom. The molecule has 10 nitrogen and oxygen atoms in total. The number of esters is 2. The Labute approximate surface area is 213 Å². The minimum absolute atomic E-state index is 0.235. The minimum atomic E-state index is -2.05. The van der Waals surface area contributed by atoms with Gasteiger partial charge in [0.2, 0.25) is 5.41 Å². The molecule has 0 N–H and O–H groups in total. The summed E-state index contributed by atoms with van der Waals surface area (Å²) in [5.41, 5.74) is -1.63. The van der Waals surface area contributed by atoms with Crippen LogP contribution in [0.2, 0.25) is 0 Å². The molecule has 0 unspecified atom stereocenters. The number of hydrogen-bond donors (Lipinski definition) is 0. The van der Waals surface area contributed by atoms with Gasteiger partial charge >= 0.3 is 11.9 Å². The molecule has 0 saturated carbocycles. The molecule has 0 bridgehead atoms. The predicted octanol–water partition coefficient (Wildman–Crippen LogP) is 3.89.